The molecule has 0 bridgehead atoms. The summed E-state index contributed by atoms with van der Waals surface area (Å²) in [6.45, 7) is 0. The molecule has 0 fully saturated rings. The van der Waals surface area contributed by atoms with Gasteiger partial charge in [0.1, 0.15) is 4.99 Å². The van der Waals surface area contributed by atoms with Crippen molar-refractivity contribution in [2.24, 2.45) is 5.73 Å². The van der Waals surface area contributed by atoms with E-state index in [0.29, 0.717) is 17.0 Å². The summed E-state index contributed by atoms with van der Waals surface area (Å²) in [7, 11) is 0. The Morgan fingerprint density at radius 3 is 2.68 bits per heavy atom. The summed E-state index contributed by atoms with van der Waals surface area (Å²) in [6.07, 6.45) is 1.61. The first-order valence-corrected chi connectivity index (χ1v) is 6.78. The molecule has 19 heavy (non-hydrogen) atoms. The molecule has 0 saturated heterocycles. The van der Waals surface area contributed by atoms with Gasteiger partial charge in [-0.15, -0.1) is 11.8 Å². The van der Waals surface area contributed by atoms with Crippen LogP contribution >= 0.6 is 24.0 Å². The van der Waals surface area contributed by atoms with E-state index in [1.54, 1.807) is 18.3 Å². The third-order valence-corrected chi connectivity index (χ3v) is 3.65. The molecule has 0 aliphatic heterocycles. The van der Waals surface area contributed by atoms with E-state index in [4.69, 9.17) is 18.0 Å². The molecule has 1 aromatic heterocycles. The number of thioether (sulfide) groups is 1. The molecule has 0 radical (unpaired) electrons. The Morgan fingerprint density at radius 1 is 1.21 bits per heavy atom. The summed E-state index contributed by atoms with van der Waals surface area (Å²) < 4.78 is 25.8. The Morgan fingerprint density at radius 2 is 2.00 bits per heavy atom. The molecule has 2 rings (SSSR count). The molecule has 0 spiro atoms. The highest BCUT2D eigenvalue weighted by Gasteiger charge is 2.04. The van der Waals surface area contributed by atoms with E-state index in [1.165, 1.54) is 17.8 Å². The van der Waals surface area contributed by atoms with Gasteiger partial charge in [-0.3, -0.25) is 4.98 Å². The minimum atomic E-state index is -0.839. The molecule has 0 amide bonds. The van der Waals surface area contributed by atoms with Gasteiger partial charge in [-0.1, -0.05) is 18.3 Å². The number of halogens is 2. The van der Waals surface area contributed by atoms with Crippen LogP contribution in [0.15, 0.2) is 41.4 Å². The molecule has 98 valence electrons. The number of hydrogen-bond donors (Lipinski definition) is 1. The van der Waals surface area contributed by atoms with Crippen LogP contribution in [0.5, 0.6) is 0 Å². The standard InChI is InChI=1S/C13H10F2N2S2/c14-10-2-1-8(5-11(10)15)7-19-9-3-4-17-12(6-9)13(16)18/h1-6H,7H2,(H2,16,18). The maximum absolute atomic E-state index is 13.0. The predicted molar refractivity (Wildman–Crippen MR) is 76.0 cm³/mol. The highest BCUT2D eigenvalue weighted by molar-refractivity contribution is 7.98. The molecule has 0 atom stereocenters. The van der Waals surface area contributed by atoms with Gasteiger partial charge >= 0.3 is 0 Å². The molecule has 0 aliphatic carbocycles. The summed E-state index contributed by atoms with van der Waals surface area (Å²) in [5.74, 6) is -1.15. The molecule has 0 unspecified atom stereocenters. The number of thiocarbonyl (C=S) groups is 1. The topological polar surface area (TPSA) is 38.9 Å². The molecule has 2 nitrogen and oxygen atoms in total. The lowest BCUT2D eigenvalue weighted by atomic mass is 10.2. The first-order chi connectivity index (χ1) is 9.06. The number of aromatic nitrogens is 1. The molecule has 6 heteroatoms. The Hall–Kier alpha value is -1.53. The summed E-state index contributed by atoms with van der Waals surface area (Å²) in [5.41, 5.74) is 6.75. The van der Waals surface area contributed by atoms with Gasteiger partial charge in [0.2, 0.25) is 0 Å². The molecular formula is C13H10F2N2S2. The van der Waals surface area contributed by atoms with Gasteiger partial charge in [-0.05, 0) is 29.8 Å². The van der Waals surface area contributed by atoms with Gasteiger partial charge in [-0.25, -0.2) is 8.78 Å². The van der Waals surface area contributed by atoms with E-state index >= 15 is 0 Å². The van der Waals surface area contributed by atoms with Crippen molar-refractivity contribution < 1.29 is 8.78 Å². The Labute approximate surface area is 119 Å². The quantitative estimate of drug-likeness (QED) is 0.694. The van der Waals surface area contributed by atoms with Gasteiger partial charge in [0.15, 0.2) is 11.6 Å². The van der Waals surface area contributed by atoms with Crippen LogP contribution in [0.1, 0.15) is 11.3 Å². The highest BCUT2D eigenvalue weighted by atomic mass is 32.2. The van der Waals surface area contributed by atoms with Crippen molar-refractivity contribution in [2.45, 2.75) is 10.6 Å². The zero-order valence-corrected chi connectivity index (χ0v) is 11.4. The zero-order valence-electron chi connectivity index (χ0n) is 9.77. The Kier molecular flexibility index (Phi) is 4.44. The molecule has 1 heterocycles. The number of nitrogens with two attached hydrogens (primary N) is 1. The van der Waals surface area contributed by atoms with Crippen molar-refractivity contribution in [1.82, 2.24) is 4.98 Å². The summed E-state index contributed by atoms with van der Waals surface area (Å²) in [6, 6.07) is 7.45. The molecule has 0 saturated carbocycles. The fourth-order valence-corrected chi connectivity index (χ4v) is 2.41. The monoisotopic (exact) mass is 296 g/mol. The molecule has 0 aliphatic rings. The highest BCUT2D eigenvalue weighted by Crippen LogP contribution is 2.23. The SMILES string of the molecule is NC(=S)c1cc(SCc2ccc(F)c(F)c2)ccn1. The second kappa shape index (κ2) is 6.08. The van der Waals surface area contributed by atoms with Crippen LogP contribution in [0.3, 0.4) is 0 Å². The van der Waals surface area contributed by atoms with Crippen molar-refractivity contribution in [3.8, 4) is 0 Å². The lowest BCUT2D eigenvalue weighted by Crippen LogP contribution is -2.11. The van der Waals surface area contributed by atoms with Crippen LogP contribution in [-0.2, 0) is 5.75 Å². The number of benzene rings is 1. The van der Waals surface area contributed by atoms with Crippen molar-refractivity contribution in [3.63, 3.8) is 0 Å². The van der Waals surface area contributed by atoms with Crippen LogP contribution in [0.2, 0.25) is 0 Å². The maximum Gasteiger partial charge on any atom is 0.159 e. The average Bonchev–Trinajstić information content (AvgIpc) is 2.40. The number of pyridine rings is 1. The first-order valence-electron chi connectivity index (χ1n) is 5.39. The van der Waals surface area contributed by atoms with Crippen LogP contribution in [-0.4, -0.2) is 9.97 Å². The van der Waals surface area contributed by atoms with Crippen LogP contribution in [0.4, 0.5) is 8.78 Å². The maximum atomic E-state index is 13.0. The fourth-order valence-electron chi connectivity index (χ4n) is 1.43. The number of rotatable bonds is 4. The van der Waals surface area contributed by atoms with Crippen LogP contribution in [0, 0.1) is 11.6 Å². The third-order valence-electron chi connectivity index (χ3n) is 2.37. The minimum absolute atomic E-state index is 0.232. The molecule has 2 N–H and O–H groups in total. The average molecular weight is 296 g/mol. The summed E-state index contributed by atoms with van der Waals surface area (Å²) >= 11 is 6.32. The second-order valence-electron chi connectivity index (χ2n) is 3.78. The van der Waals surface area contributed by atoms with E-state index < -0.39 is 11.6 Å². The fraction of sp³-hybridized carbons (Fsp3) is 0.0769. The van der Waals surface area contributed by atoms with E-state index in [-0.39, 0.29) is 4.99 Å². The van der Waals surface area contributed by atoms with Crippen LogP contribution < -0.4 is 5.73 Å². The van der Waals surface area contributed by atoms with E-state index in [2.05, 4.69) is 4.98 Å². The molecular weight excluding hydrogens is 286 g/mol. The van der Waals surface area contributed by atoms with Gasteiger partial charge < -0.3 is 5.73 Å². The van der Waals surface area contributed by atoms with Crippen molar-refractivity contribution in [1.29, 1.82) is 0 Å². The summed E-state index contributed by atoms with van der Waals surface area (Å²) in [4.78, 5) is 5.18. The Balaban J connectivity index is 2.07. The zero-order chi connectivity index (χ0) is 13.8. The first kappa shape index (κ1) is 13.9. The second-order valence-corrected chi connectivity index (χ2v) is 5.27. The number of hydrogen-bond acceptors (Lipinski definition) is 3. The largest absolute Gasteiger partial charge is 0.388 e. The Bertz CT molecular complexity index is 617. The van der Waals surface area contributed by atoms with Gasteiger partial charge in [0.25, 0.3) is 0 Å². The van der Waals surface area contributed by atoms with E-state index in [1.807, 2.05) is 6.07 Å². The van der Waals surface area contributed by atoms with Gasteiger partial charge in [-0.2, -0.15) is 0 Å². The molecule has 1 aromatic carbocycles. The number of nitrogens with zero attached hydrogens (tertiary/aromatic N) is 1. The predicted octanol–water partition coefficient (Wildman–Crippen LogP) is 3.29. The normalized spacial score (nSPS) is 10.4. The van der Waals surface area contributed by atoms with Gasteiger partial charge in [0.05, 0.1) is 5.69 Å². The van der Waals surface area contributed by atoms with Crippen molar-refractivity contribution in [3.05, 3.63) is 59.4 Å². The minimum Gasteiger partial charge on any atom is -0.388 e. The molecule has 2 aromatic rings. The van der Waals surface area contributed by atoms with E-state index in [0.717, 1.165) is 11.0 Å². The third kappa shape index (κ3) is 3.71. The van der Waals surface area contributed by atoms with Crippen LogP contribution in [0.25, 0.3) is 0 Å². The van der Waals surface area contributed by atoms with Crippen molar-refractivity contribution in [2.75, 3.05) is 0 Å². The van der Waals surface area contributed by atoms with E-state index in [9.17, 15) is 8.78 Å². The lowest BCUT2D eigenvalue weighted by molar-refractivity contribution is 0.507. The lowest BCUT2D eigenvalue weighted by Gasteiger charge is -2.04. The van der Waals surface area contributed by atoms with Crippen molar-refractivity contribution >= 4 is 29.0 Å². The van der Waals surface area contributed by atoms with Gasteiger partial charge in [0, 0.05) is 16.8 Å². The smallest absolute Gasteiger partial charge is 0.159 e. The summed E-state index contributed by atoms with van der Waals surface area (Å²) in [5, 5.41) is 0.